The minimum atomic E-state index is -0.893. The van der Waals surface area contributed by atoms with Crippen LogP contribution in [0.1, 0.15) is 13.8 Å². The second-order valence-corrected chi connectivity index (χ2v) is 3.86. The third-order valence-electron chi connectivity index (χ3n) is 2.77. The zero-order valence-electron chi connectivity index (χ0n) is 8.29. The highest BCUT2D eigenvalue weighted by molar-refractivity contribution is 4.92. The van der Waals surface area contributed by atoms with Crippen LogP contribution in [-0.4, -0.2) is 53.6 Å². The minimum Gasteiger partial charge on any atom is -0.388 e. The molecule has 2 aliphatic rings. The highest BCUT2D eigenvalue weighted by Gasteiger charge is 2.46. The van der Waals surface area contributed by atoms with Gasteiger partial charge in [0.05, 0.1) is 12.7 Å². The summed E-state index contributed by atoms with van der Waals surface area (Å²) >= 11 is 0. The van der Waals surface area contributed by atoms with Crippen LogP contribution in [-0.2, 0) is 14.2 Å². The molecular weight excluding hydrogens is 188 g/mol. The second kappa shape index (κ2) is 3.75. The third kappa shape index (κ3) is 1.66. The SMILES string of the molecule is CC1O[C@@H]2CO[C@@H](C)O[C@H]2[C@H](O)[C@H]1O. The van der Waals surface area contributed by atoms with Crippen molar-refractivity contribution >= 4 is 0 Å². The lowest BCUT2D eigenvalue weighted by Crippen LogP contribution is -2.61. The molecule has 2 aliphatic heterocycles. The first-order chi connectivity index (χ1) is 6.59. The molecule has 2 rings (SSSR count). The molecule has 0 radical (unpaired) electrons. The fourth-order valence-electron chi connectivity index (χ4n) is 1.92. The summed E-state index contributed by atoms with van der Waals surface area (Å²) in [5.74, 6) is 0. The summed E-state index contributed by atoms with van der Waals surface area (Å²) in [4.78, 5) is 0. The molecule has 0 spiro atoms. The van der Waals surface area contributed by atoms with Crippen molar-refractivity contribution in [2.24, 2.45) is 0 Å². The van der Waals surface area contributed by atoms with Crippen LogP contribution in [0.2, 0.25) is 0 Å². The van der Waals surface area contributed by atoms with Gasteiger partial charge in [-0.3, -0.25) is 0 Å². The van der Waals surface area contributed by atoms with Crippen LogP contribution in [0.5, 0.6) is 0 Å². The molecule has 0 saturated carbocycles. The van der Waals surface area contributed by atoms with Crippen LogP contribution in [0.4, 0.5) is 0 Å². The van der Waals surface area contributed by atoms with E-state index in [1.807, 2.05) is 0 Å². The van der Waals surface area contributed by atoms with E-state index in [2.05, 4.69) is 0 Å². The van der Waals surface area contributed by atoms with Gasteiger partial charge in [-0.2, -0.15) is 0 Å². The predicted molar refractivity (Wildman–Crippen MR) is 46.6 cm³/mol. The zero-order chi connectivity index (χ0) is 10.3. The molecule has 2 saturated heterocycles. The van der Waals surface area contributed by atoms with E-state index < -0.39 is 18.3 Å². The van der Waals surface area contributed by atoms with Crippen molar-refractivity contribution in [2.45, 2.75) is 50.7 Å². The van der Waals surface area contributed by atoms with Gasteiger partial charge < -0.3 is 24.4 Å². The summed E-state index contributed by atoms with van der Waals surface area (Å²) < 4.78 is 16.1. The number of hydrogen-bond acceptors (Lipinski definition) is 5. The van der Waals surface area contributed by atoms with Gasteiger partial charge in [0.25, 0.3) is 0 Å². The minimum absolute atomic E-state index is 0.278. The molecule has 14 heavy (non-hydrogen) atoms. The molecule has 82 valence electrons. The summed E-state index contributed by atoms with van der Waals surface area (Å²) in [6.07, 6.45) is -3.27. The Bertz CT molecular complexity index is 207. The van der Waals surface area contributed by atoms with E-state index in [-0.39, 0.29) is 18.5 Å². The predicted octanol–water partition coefficient (Wildman–Crippen LogP) is -0.743. The van der Waals surface area contributed by atoms with E-state index in [0.717, 1.165) is 0 Å². The number of fused-ring (bicyclic) bond motifs is 1. The molecule has 5 heteroatoms. The lowest BCUT2D eigenvalue weighted by molar-refractivity contribution is -0.318. The van der Waals surface area contributed by atoms with E-state index in [4.69, 9.17) is 14.2 Å². The number of ether oxygens (including phenoxy) is 3. The summed E-state index contributed by atoms with van der Waals surface area (Å²) in [5.41, 5.74) is 0. The Labute approximate surface area is 82.6 Å². The highest BCUT2D eigenvalue weighted by Crippen LogP contribution is 2.27. The van der Waals surface area contributed by atoms with Crippen LogP contribution in [0.25, 0.3) is 0 Å². The van der Waals surface area contributed by atoms with E-state index in [1.165, 1.54) is 0 Å². The molecule has 0 aliphatic carbocycles. The molecular formula is C9H16O5. The lowest BCUT2D eigenvalue weighted by atomic mass is 9.95. The van der Waals surface area contributed by atoms with Gasteiger partial charge in [0.1, 0.15) is 24.4 Å². The Morgan fingerprint density at radius 1 is 1.07 bits per heavy atom. The van der Waals surface area contributed by atoms with Gasteiger partial charge in [0, 0.05) is 0 Å². The molecule has 6 atom stereocenters. The van der Waals surface area contributed by atoms with Crippen molar-refractivity contribution in [1.29, 1.82) is 0 Å². The van der Waals surface area contributed by atoms with Crippen LogP contribution in [0.15, 0.2) is 0 Å². The standard InChI is InChI=1S/C9H16O5/c1-4-7(10)8(11)9-6(13-4)3-12-5(2)14-9/h4-11H,3H2,1-2H3/t4?,5-,6-,7+,8-,9-/m1/s1. The Balaban J connectivity index is 2.08. The summed E-state index contributed by atoms with van der Waals surface area (Å²) in [6.45, 7) is 3.88. The molecule has 0 amide bonds. The Morgan fingerprint density at radius 3 is 2.50 bits per heavy atom. The fraction of sp³-hybridized carbons (Fsp3) is 1.00. The molecule has 0 aromatic heterocycles. The zero-order valence-corrected chi connectivity index (χ0v) is 8.29. The van der Waals surface area contributed by atoms with E-state index >= 15 is 0 Å². The van der Waals surface area contributed by atoms with Crippen molar-refractivity contribution in [3.05, 3.63) is 0 Å². The topological polar surface area (TPSA) is 68.2 Å². The summed E-state index contributed by atoms with van der Waals surface area (Å²) in [6, 6.07) is 0. The molecule has 2 heterocycles. The molecule has 0 aromatic rings. The Kier molecular flexibility index (Phi) is 2.77. The van der Waals surface area contributed by atoms with Gasteiger partial charge in [-0.15, -0.1) is 0 Å². The van der Waals surface area contributed by atoms with Crippen LogP contribution in [0, 0.1) is 0 Å². The molecule has 0 bridgehead atoms. The van der Waals surface area contributed by atoms with Gasteiger partial charge in [0.2, 0.25) is 0 Å². The quantitative estimate of drug-likeness (QED) is 0.544. The summed E-state index contributed by atoms with van der Waals surface area (Å²) in [7, 11) is 0. The number of rotatable bonds is 0. The van der Waals surface area contributed by atoms with Gasteiger partial charge in [-0.05, 0) is 13.8 Å². The van der Waals surface area contributed by atoms with Crippen LogP contribution in [0.3, 0.4) is 0 Å². The molecule has 0 aromatic carbocycles. The maximum Gasteiger partial charge on any atom is 0.155 e. The maximum atomic E-state index is 9.75. The van der Waals surface area contributed by atoms with Gasteiger partial charge in [-0.1, -0.05) is 0 Å². The lowest BCUT2D eigenvalue weighted by Gasteiger charge is -2.45. The monoisotopic (exact) mass is 204 g/mol. The first-order valence-electron chi connectivity index (χ1n) is 4.88. The first-order valence-corrected chi connectivity index (χ1v) is 4.88. The largest absolute Gasteiger partial charge is 0.388 e. The van der Waals surface area contributed by atoms with Gasteiger partial charge >= 0.3 is 0 Å². The molecule has 2 N–H and O–H groups in total. The van der Waals surface area contributed by atoms with Gasteiger partial charge in [-0.25, -0.2) is 0 Å². The smallest absolute Gasteiger partial charge is 0.155 e. The van der Waals surface area contributed by atoms with E-state index in [1.54, 1.807) is 13.8 Å². The fourth-order valence-corrected chi connectivity index (χ4v) is 1.92. The highest BCUT2D eigenvalue weighted by atomic mass is 16.7. The van der Waals surface area contributed by atoms with Crippen molar-refractivity contribution in [3.8, 4) is 0 Å². The van der Waals surface area contributed by atoms with Crippen molar-refractivity contribution in [1.82, 2.24) is 0 Å². The number of aliphatic hydroxyl groups is 2. The molecule has 2 fully saturated rings. The molecule has 5 nitrogen and oxygen atoms in total. The first kappa shape index (κ1) is 10.3. The van der Waals surface area contributed by atoms with Crippen molar-refractivity contribution in [3.63, 3.8) is 0 Å². The Morgan fingerprint density at radius 2 is 1.79 bits per heavy atom. The Hall–Kier alpha value is -0.200. The van der Waals surface area contributed by atoms with E-state index in [9.17, 15) is 10.2 Å². The van der Waals surface area contributed by atoms with Crippen LogP contribution >= 0.6 is 0 Å². The van der Waals surface area contributed by atoms with Crippen molar-refractivity contribution < 1.29 is 24.4 Å². The van der Waals surface area contributed by atoms with Crippen LogP contribution < -0.4 is 0 Å². The van der Waals surface area contributed by atoms with Crippen molar-refractivity contribution in [2.75, 3.05) is 6.61 Å². The maximum absolute atomic E-state index is 9.75. The average Bonchev–Trinajstić information content (AvgIpc) is 2.16. The number of aliphatic hydroxyl groups excluding tert-OH is 2. The third-order valence-corrected chi connectivity index (χ3v) is 2.77. The van der Waals surface area contributed by atoms with E-state index in [0.29, 0.717) is 6.61 Å². The molecule has 1 unspecified atom stereocenters. The van der Waals surface area contributed by atoms with Gasteiger partial charge in [0.15, 0.2) is 6.29 Å². The normalized spacial score (nSPS) is 54.0. The second-order valence-electron chi connectivity index (χ2n) is 3.86. The summed E-state index contributed by atoms with van der Waals surface area (Å²) in [5, 5.41) is 19.3. The average molecular weight is 204 g/mol. The number of hydrogen-bond donors (Lipinski definition) is 2.